The maximum absolute atomic E-state index is 13.7. The van der Waals surface area contributed by atoms with E-state index in [2.05, 4.69) is 5.32 Å². The zero-order valence-electron chi connectivity index (χ0n) is 20.5. The second kappa shape index (κ2) is 9.72. The van der Waals surface area contributed by atoms with Crippen LogP contribution in [0.15, 0.2) is 46.5 Å². The first-order chi connectivity index (χ1) is 17.4. The summed E-state index contributed by atoms with van der Waals surface area (Å²) in [7, 11) is 0. The minimum atomic E-state index is -0.941. The van der Waals surface area contributed by atoms with E-state index < -0.39 is 11.3 Å². The third kappa shape index (κ3) is 4.45. The van der Waals surface area contributed by atoms with Gasteiger partial charge in [0.25, 0.3) is 0 Å². The standard InChI is InChI=1S/C27H30N2O7/c1-3-33-26(32)27-10-4-5-23(27)29(15-18-7-9-21-22(11-18)35-16-34-21)25(31)19(13-27)12-24(30)28-14-20-8-6-17(2)36-20/h5-9,11,19H,3-4,10,12-16H2,1-2H3,(H,28,30)/t19-,27+/m1/s1. The average molecular weight is 495 g/mol. The minimum absolute atomic E-state index is 0.0232. The van der Waals surface area contributed by atoms with Crippen LogP contribution in [0, 0.1) is 18.3 Å². The van der Waals surface area contributed by atoms with E-state index in [0.717, 1.165) is 11.3 Å². The minimum Gasteiger partial charge on any atom is -0.465 e. The summed E-state index contributed by atoms with van der Waals surface area (Å²) in [5.74, 6) is 1.25. The molecule has 0 radical (unpaired) electrons. The summed E-state index contributed by atoms with van der Waals surface area (Å²) in [6, 6.07) is 9.18. The highest BCUT2D eigenvalue weighted by molar-refractivity contribution is 5.92. The Morgan fingerprint density at radius 3 is 2.81 bits per heavy atom. The summed E-state index contributed by atoms with van der Waals surface area (Å²) < 4.78 is 21.9. The molecule has 2 aliphatic heterocycles. The van der Waals surface area contributed by atoms with Gasteiger partial charge in [-0.25, -0.2) is 0 Å². The number of furan rings is 1. The Morgan fingerprint density at radius 2 is 2.03 bits per heavy atom. The summed E-state index contributed by atoms with van der Waals surface area (Å²) in [5, 5.41) is 2.83. The first kappa shape index (κ1) is 24.0. The average Bonchev–Trinajstić information content (AvgIpc) is 3.60. The third-order valence-electron chi connectivity index (χ3n) is 7.03. The van der Waals surface area contributed by atoms with E-state index in [1.54, 1.807) is 17.9 Å². The molecule has 5 rings (SSSR count). The lowest BCUT2D eigenvalue weighted by Gasteiger charge is -2.44. The second-order valence-electron chi connectivity index (χ2n) is 9.44. The molecule has 0 unspecified atom stereocenters. The van der Waals surface area contributed by atoms with Gasteiger partial charge in [-0.05, 0) is 62.9 Å². The smallest absolute Gasteiger partial charge is 0.318 e. The second-order valence-corrected chi connectivity index (χ2v) is 9.44. The molecule has 2 amide bonds. The van der Waals surface area contributed by atoms with E-state index in [0.29, 0.717) is 35.8 Å². The molecule has 3 aliphatic rings. The number of hydrogen-bond acceptors (Lipinski definition) is 7. The first-order valence-electron chi connectivity index (χ1n) is 12.3. The van der Waals surface area contributed by atoms with Gasteiger partial charge in [-0.2, -0.15) is 0 Å². The number of esters is 1. The molecule has 1 N–H and O–H groups in total. The molecule has 0 spiro atoms. The molecule has 1 aromatic carbocycles. The van der Waals surface area contributed by atoms with E-state index in [4.69, 9.17) is 18.6 Å². The predicted molar refractivity (Wildman–Crippen MR) is 128 cm³/mol. The number of carbonyl (C=O) groups excluding carboxylic acids is 3. The Balaban J connectivity index is 1.38. The molecule has 36 heavy (non-hydrogen) atoms. The molecule has 9 heteroatoms. The van der Waals surface area contributed by atoms with E-state index in [-0.39, 0.29) is 57.1 Å². The monoisotopic (exact) mass is 494 g/mol. The van der Waals surface area contributed by atoms with Crippen LogP contribution >= 0.6 is 0 Å². The zero-order chi connectivity index (χ0) is 25.3. The highest BCUT2D eigenvalue weighted by Crippen LogP contribution is 2.51. The number of allylic oxidation sites excluding steroid dienone is 1. The van der Waals surface area contributed by atoms with Gasteiger partial charge in [0.15, 0.2) is 11.5 Å². The number of nitrogens with one attached hydrogen (secondary N) is 1. The Morgan fingerprint density at radius 1 is 1.19 bits per heavy atom. The maximum atomic E-state index is 13.7. The Hall–Kier alpha value is -3.75. The molecule has 2 aromatic rings. The molecule has 1 aliphatic carbocycles. The van der Waals surface area contributed by atoms with Crippen molar-refractivity contribution in [2.24, 2.45) is 11.3 Å². The van der Waals surface area contributed by atoms with Crippen LogP contribution in [-0.2, 0) is 32.2 Å². The van der Waals surface area contributed by atoms with Crippen LogP contribution in [0.5, 0.6) is 11.5 Å². The van der Waals surface area contributed by atoms with E-state index in [1.807, 2.05) is 37.3 Å². The van der Waals surface area contributed by atoms with Crippen LogP contribution in [0.25, 0.3) is 0 Å². The van der Waals surface area contributed by atoms with Crippen LogP contribution in [0.4, 0.5) is 0 Å². The lowest BCUT2D eigenvalue weighted by molar-refractivity contribution is -0.161. The molecule has 3 heterocycles. The van der Waals surface area contributed by atoms with Crippen LogP contribution in [0.2, 0.25) is 0 Å². The van der Waals surface area contributed by atoms with Crippen LogP contribution < -0.4 is 14.8 Å². The first-order valence-corrected chi connectivity index (χ1v) is 12.3. The number of carbonyl (C=O) groups is 3. The fourth-order valence-corrected chi connectivity index (χ4v) is 5.37. The van der Waals surface area contributed by atoms with Gasteiger partial charge in [0.2, 0.25) is 18.6 Å². The van der Waals surface area contributed by atoms with Crippen molar-refractivity contribution in [3.8, 4) is 11.5 Å². The fourth-order valence-electron chi connectivity index (χ4n) is 5.37. The third-order valence-corrected chi connectivity index (χ3v) is 7.03. The van der Waals surface area contributed by atoms with Gasteiger partial charge in [0.1, 0.15) is 16.9 Å². The Labute approximate surface area is 209 Å². The van der Waals surface area contributed by atoms with Crippen molar-refractivity contribution in [3.05, 3.63) is 59.2 Å². The summed E-state index contributed by atoms with van der Waals surface area (Å²) in [6.07, 6.45) is 3.40. The summed E-state index contributed by atoms with van der Waals surface area (Å²) in [4.78, 5) is 41.5. The number of nitrogens with zero attached hydrogens (tertiary/aromatic N) is 1. The number of benzene rings is 1. The molecular formula is C27H30N2O7. The predicted octanol–water partition coefficient (Wildman–Crippen LogP) is 3.60. The van der Waals surface area contributed by atoms with Crippen molar-refractivity contribution in [2.45, 2.75) is 52.6 Å². The molecule has 190 valence electrons. The quantitative estimate of drug-likeness (QED) is 0.559. The molecular weight excluding hydrogens is 464 g/mol. The van der Waals surface area contributed by atoms with Crippen molar-refractivity contribution in [3.63, 3.8) is 0 Å². The fraction of sp³-hybridized carbons (Fsp3) is 0.444. The summed E-state index contributed by atoms with van der Waals surface area (Å²) in [6.45, 7) is 4.51. The Bertz CT molecular complexity index is 1220. The summed E-state index contributed by atoms with van der Waals surface area (Å²) >= 11 is 0. The molecule has 9 nitrogen and oxygen atoms in total. The molecule has 0 bridgehead atoms. The van der Waals surface area contributed by atoms with Crippen molar-refractivity contribution in [1.29, 1.82) is 0 Å². The van der Waals surface area contributed by atoms with Gasteiger partial charge in [0, 0.05) is 18.0 Å². The number of likely N-dealkylation sites (tertiary alicyclic amines) is 1. The van der Waals surface area contributed by atoms with Crippen LogP contribution in [0.3, 0.4) is 0 Å². The number of amides is 2. The van der Waals surface area contributed by atoms with E-state index in [9.17, 15) is 14.4 Å². The van der Waals surface area contributed by atoms with Crippen molar-refractivity contribution >= 4 is 17.8 Å². The highest BCUT2D eigenvalue weighted by Gasteiger charge is 2.55. The lowest BCUT2D eigenvalue weighted by Crippen LogP contribution is -2.52. The van der Waals surface area contributed by atoms with Crippen molar-refractivity contribution in [1.82, 2.24) is 10.2 Å². The van der Waals surface area contributed by atoms with Gasteiger partial charge in [-0.15, -0.1) is 0 Å². The number of aryl methyl sites for hydroxylation is 1. The Kier molecular flexibility index (Phi) is 6.47. The largest absolute Gasteiger partial charge is 0.465 e. The number of rotatable bonds is 8. The van der Waals surface area contributed by atoms with Gasteiger partial charge in [-0.1, -0.05) is 12.1 Å². The highest BCUT2D eigenvalue weighted by atomic mass is 16.7. The maximum Gasteiger partial charge on any atom is 0.318 e. The molecule has 0 saturated carbocycles. The van der Waals surface area contributed by atoms with Crippen molar-refractivity contribution in [2.75, 3.05) is 13.4 Å². The SMILES string of the molecule is CCOC(=O)[C@]12CCC=C1N(Cc1ccc3c(c1)OCO3)C(=O)[C@H](CC(=O)NCc1ccc(C)o1)C2. The number of hydrogen-bond donors (Lipinski definition) is 1. The topological polar surface area (TPSA) is 107 Å². The number of fused-ring (bicyclic) bond motifs is 2. The van der Waals surface area contributed by atoms with Crippen LogP contribution in [-0.4, -0.2) is 36.1 Å². The van der Waals surface area contributed by atoms with Gasteiger partial charge < -0.3 is 28.8 Å². The molecule has 1 fully saturated rings. The lowest BCUT2D eigenvalue weighted by atomic mass is 9.71. The molecule has 1 aromatic heterocycles. The number of ether oxygens (including phenoxy) is 3. The van der Waals surface area contributed by atoms with Crippen LogP contribution in [0.1, 0.15) is 49.7 Å². The van der Waals surface area contributed by atoms with Gasteiger partial charge >= 0.3 is 5.97 Å². The van der Waals surface area contributed by atoms with E-state index >= 15 is 0 Å². The normalized spacial score (nSPS) is 22.3. The molecule has 1 saturated heterocycles. The number of piperidine rings is 1. The summed E-state index contributed by atoms with van der Waals surface area (Å²) in [5.41, 5.74) is 0.575. The van der Waals surface area contributed by atoms with Gasteiger partial charge in [0.05, 0.1) is 19.7 Å². The van der Waals surface area contributed by atoms with E-state index in [1.165, 1.54) is 0 Å². The molecule has 2 atom stereocenters. The zero-order valence-corrected chi connectivity index (χ0v) is 20.5. The van der Waals surface area contributed by atoms with Gasteiger partial charge in [-0.3, -0.25) is 14.4 Å². The van der Waals surface area contributed by atoms with Crippen molar-refractivity contribution < 1.29 is 33.0 Å².